The van der Waals surface area contributed by atoms with Crippen LogP contribution in [-0.2, 0) is 4.79 Å². The average molecular weight is 335 g/mol. The lowest BCUT2D eigenvalue weighted by Crippen LogP contribution is -2.48. The quantitative estimate of drug-likeness (QED) is 0.932. The van der Waals surface area contributed by atoms with Gasteiger partial charge in [0.15, 0.2) is 11.5 Å². The maximum Gasteiger partial charge on any atom is 0.326 e. The first-order valence-electron chi connectivity index (χ1n) is 7.32. The molecule has 0 radical (unpaired) electrons. The Morgan fingerprint density at radius 1 is 1.30 bits per heavy atom. The molecular weight excluding hydrogens is 320 g/mol. The molecule has 0 saturated carbocycles. The van der Waals surface area contributed by atoms with Gasteiger partial charge in [-0.1, -0.05) is 28.9 Å². The molecule has 1 fully saturated rings. The zero-order valence-electron chi connectivity index (χ0n) is 12.2. The van der Waals surface area contributed by atoms with Crippen molar-refractivity contribution in [2.24, 2.45) is 0 Å². The van der Waals surface area contributed by atoms with Gasteiger partial charge in [0.2, 0.25) is 0 Å². The van der Waals surface area contributed by atoms with Crippen LogP contribution in [0.4, 0.5) is 0 Å². The SMILES string of the molecule is O=C(O)[C@H]1CCCCN1C(=O)c1cc(-c2cccc(Cl)c2)on1. The van der Waals surface area contributed by atoms with Gasteiger partial charge in [-0.05, 0) is 31.4 Å². The van der Waals surface area contributed by atoms with Crippen molar-refractivity contribution in [1.29, 1.82) is 0 Å². The molecule has 1 amide bonds. The van der Waals surface area contributed by atoms with E-state index < -0.39 is 17.9 Å². The highest BCUT2D eigenvalue weighted by atomic mass is 35.5. The number of rotatable bonds is 3. The number of benzene rings is 1. The van der Waals surface area contributed by atoms with Crippen molar-refractivity contribution in [3.63, 3.8) is 0 Å². The van der Waals surface area contributed by atoms with Crippen molar-refractivity contribution in [3.8, 4) is 11.3 Å². The van der Waals surface area contributed by atoms with Crippen LogP contribution >= 0.6 is 11.6 Å². The summed E-state index contributed by atoms with van der Waals surface area (Å²) in [5, 5.41) is 13.6. The minimum atomic E-state index is -0.989. The van der Waals surface area contributed by atoms with E-state index in [0.717, 1.165) is 12.8 Å². The first kappa shape index (κ1) is 15.6. The van der Waals surface area contributed by atoms with Crippen molar-refractivity contribution >= 4 is 23.5 Å². The molecule has 120 valence electrons. The van der Waals surface area contributed by atoms with Gasteiger partial charge < -0.3 is 14.5 Å². The third-order valence-corrected chi connectivity index (χ3v) is 4.12. The van der Waals surface area contributed by atoms with E-state index in [0.29, 0.717) is 29.3 Å². The van der Waals surface area contributed by atoms with E-state index in [9.17, 15) is 14.7 Å². The van der Waals surface area contributed by atoms with E-state index in [-0.39, 0.29) is 5.69 Å². The maximum absolute atomic E-state index is 12.5. The summed E-state index contributed by atoms with van der Waals surface area (Å²) in [7, 11) is 0. The third kappa shape index (κ3) is 3.22. The number of carbonyl (C=O) groups excluding carboxylic acids is 1. The van der Waals surface area contributed by atoms with Gasteiger partial charge in [0.05, 0.1) is 0 Å². The third-order valence-electron chi connectivity index (χ3n) is 3.89. The number of hydrogen-bond acceptors (Lipinski definition) is 4. The first-order valence-corrected chi connectivity index (χ1v) is 7.70. The predicted octanol–water partition coefficient (Wildman–Crippen LogP) is 3.07. The number of aromatic nitrogens is 1. The van der Waals surface area contributed by atoms with Gasteiger partial charge in [-0.3, -0.25) is 4.79 Å². The number of nitrogens with zero attached hydrogens (tertiary/aromatic N) is 2. The zero-order chi connectivity index (χ0) is 16.4. The van der Waals surface area contributed by atoms with Crippen LogP contribution in [0.3, 0.4) is 0 Å². The second kappa shape index (κ2) is 6.42. The number of likely N-dealkylation sites (tertiary alicyclic amines) is 1. The molecule has 1 saturated heterocycles. The van der Waals surface area contributed by atoms with Crippen LogP contribution in [0.15, 0.2) is 34.9 Å². The van der Waals surface area contributed by atoms with Crippen LogP contribution in [0, 0.1) is 0 Å². The molecule has 1 aromatic heterocycles. The molecule has 0 unspecified atom stereocenters. The molecule has 3 rings (SSSR count). The Hall–Kier alpha value is -2.34. The summed E-state index contributed by atoms with van der Waals surface area (Å²) in [6, 6.07) is 7.72. The average Bonchev–Trinajstić information content (AvgIpc) is 3.04. The summed E-state index contributed by atoms with van der Waals surface area (Å²) >= 11 is 5.94. The van der Waals surface area contributed by atoms with Crippen molar-refractivity contribution in [2.75, 3.05) is 6.54 Å². The lowest BCUT2D eigenvalue weighted by atomic mass is 10.0. The van der Waals surface area contributed by atoms with Crippen LogP contribution < -0.4 is 0 Å². The van der Waals surface area contributed by atoms with Gasteiger partial charge in [-0.15, -0.1) is 0 Å². The number of halogens is 1. The molecule has 6 nitrogen and oxygen atoms in total. The summed E-state index contributed by atoms with van der Waals surface area (Å²) in [5.41, 5.74) is 0.811. The van der Waals surface area contributed by atoms with Crippen LogP contribution in [-0.4, -0.2) is 39.6 Å². The fourth-order valence-corrected chi connectivity index (χ4v) is 2.92. The summed E-state index contributed by atoms with van der Waals surface area (Å²) in [6.45, 7) is 0.412. The monoisotopic (exact) mass is 334 g/mol. The Morgan fingerprint density at radius 3 is 2.87 bits per heavy atom. The molecule has 7 heteroatoms. The van der Waals surface area contributed by atoms with Gasteiger partial charge in [-0.2, -0.15) is 0 Å². The summed E-state index contributed by atoms with van der Waals surface area (Å²) in [6.07, 6.45) is 2.04. The minimum Gasteiger partial charge on any atom is -0.480 e. The molecule has 0 spiro atoms. The first-order chi connectivity index (χ1) is 11.1. The molecular formula is C16H15ClN2O4. The topological polar surface area (TPSA) is 83.6 Å². The van der Waals surface area contributed by atoms with Gasteiger partial charge >= 0.3 is 5.97 Å². The molecule has 1 aliphatic heterocycles. The Kier molecular flexibility index (Phi) is 4.34. The van der Waals surface area contributed by atoms with Crippen LogP contribution in [0.2, 0.25) is 5.02 Å². The summed E-state index contributed by atoms with van der Waals surface area (Å²) < 4.78 is 5.21. The number of carboxylic acids is 1. The largest absolute Gasteiger partial charge is 0.480 e. The Bertz CT molecular complexity index is 743. The normalized spacial score (nSPS) is 18.0. The molecule has 1 atom stereocenters. The molecule has 1 N–H and O–H groups in total. The van der Waals surface area contributed by atoms with E-state index in [1.54, 1.807) is 24.3 Å². The van der Waals surface area contributed by atoms with E-state index in [4.69, 9.17) is 16.1 Å². The maximum atomic E-state index is 12.5. The molecule has 1 aromatic carbocycles. The Morgan fingerprint density at radius 2 is 2.13 bits per heavy atom. The van der Waals surface area contributed by atoms with Gasteiger partial charge in [0.1, 0.15) is 6.04 Å². The number of carbonyl (C=O) groups is 2. The number of carboxylic acid groups (broad SMARTS) is 1. The summed E-state index contributed by atoms with van der Waals surface area (Å²) in [4.78, 5) is 25.2. The van der Waals surface area contributed by atoms with Crippen molar-refractivity contribution in [1.82, 2.24) is 10.1 Å². The highest BCUT2D eigenvalue weighted by Crippen LogP contribution is 2.25. The highest BCUT2D eigenvalue weighted by Gasteiger charge is 2.33. The van der Waals surface area contributed by atoms with E-state index in [1.807, 2.05) is 0 Å². The van der Waals surface area contributed by atoms with Gasteiger partial charge in [-0.25, -0.2) is 4.79 Å². The second-order valence-electron chi connectivity index (χ2n) is 5.44. The van der Waals surface area contributed by atoms with Crippen molar-refractivity contribution in [2.45, 2.75) is 25.3 Å². The van der Waals surface area contributed by atoms with Crippen molar-refractivity contribution < 1.29 is 19.2 Å². The molecule has 0 aliphatic carbocycles. The standard InChI is InChI=1S/C16H15ClN2O4/c17-11-5-3-4-10(8-11)14-9-12(18-23-14)15(20)19-7-2-1-6-13(19)16(21)22/h3-5,8-9,13H,1-2,6-7H2,(H,21,22)/t13-/m1/s1. The molecule has 0 bridgehead atoms. The smallest absolute Gasteiger partial charge is 0.326 e. The minimum absolute atomic E-state index is 0.105. The van der Waals surface area contributed by atoms with E-state index >= 15 is 0 Å². The van der Waals surface area contributed by atoms with Gasteiger partial charge in [0.25, 0.3) is 5.91 Å². The predicted molar refractivity (Wildman–Crippen MR) is 83.3 cm³/mol. The van der Waals surface area contributed by atoms with Crippen LogP contribution in [0.25, 0.3) is 11.3 Å². The number of piperidine rings is 1. The van der Waals surface area contributed by atoms with Crippen molar-refractivity contribution in [3.05, 3.63) is 41.0 Å². The number of hydrogen-bond donors (Lipinski definition) is 1. The summed E-state index contributed by atoms with van der Waals surface area (Å²) in [5.74, 6) is -0.995. The van der Waals surface area contributed by atoms with Gasteiger partial charge in [0, 0.05) is 23.2 Å². The lowest BCUT2D eigenvalue weighted by Gasteiger charge is -2.32. The number of aliphatic carboxylic acids is 1. The van der Waals surface area contributed by atoms with Crippen LogP contribution in [0.1, 0.15) is 29.8 Å². The van der Waals surface area contributed by atoms with Crippen LogP contribution in [0.5, 0.6) is 0 Å². The number of amides is 1. The molecule has 23 heavy (non-hydrogen) atoms. The zero-order valence-corrected chi connectivity index (χ0v) is 13.0. The molecule has 1 aliphatic rings. The molecule has 2 heterocycles. The highest BCUT2D eigenvalue weighted by molar-refractivity contribution is 6.30. The Labute approximate surface area is 137 Å². The van der Waals surface area contributed by atoms with E-state index in [2.05, 4.69) is 5.16 Å². The second-order valence-corrected chi connectivity index (χ2v) is 5.87. The van der Waals surface area contributed by atoms with E-state index in [1.165, 1.54) is 11.0 Å². The fraction of sp³-hybridized carbons (Fsp3) is 0.312. The lowest BCUT2D eigenvalue weighted by molar-refractivity contribution is -0.143. The Balaban J connectivity index is 1.84. The fourth-order valence-electron chi connectivity index (χ4n) is 2.73. The molecule has 2 aromatic rings.